The van der Waals surface area contributed by atoms with Gasteiger partial charge in [0.1, 0.15) is 23.7 Å². The zero-order chi connectivity index (χ0) is 37.0. The van der Waals surface area contributed by atoms with Crippen molar-refractivity contribution in [1.29, 1.82) is 0 Å². The Kier molecular flexibility index (Phi) is 11.5. The van der Waals surface area contributed by atoms with Crippen LogP contribution in [0.2, 0.25) is 0 Å². The third kappa shape index (κ3) is 6.88. The number of likely N-dealkylation sites (N-methyl/N-ethyl adjacent to an activating group) is 1. The molecular weight excluding hydrogens is 660 g/mol. The number of carbonyl (C=O) groups is 4. The first kappa shape index (κ1) is 37.3. The second kappa shape index (κ2) is 16.0. The molecule has 0 bridgehead atoms. The summed E-state index contributed by atoms with van der Waals surface area (Å²) in [4.78, 5) is 64.6. The van der Waals surface area contributed by atoms with Crippen molar-refractivity contribution in [2.75, 3.05) is 49.6 Å². The van der Waals surface area contributed by atoms with E-state index in [4.69, 9.17) is 9.47 Å². The molecule has 0 aromatic heterocycles. The largest absolute Gasteiger partial charge is 0.455 e. The standard InChI is InChI=1S/C41H52N4O7/c1-5-43(6-2)30-20-22-31(23-21-30)44-26-15-24-41-35(38(48)45(37(41)39(44)49)25-13-8-14-27-46)34-32(52-41)18-11-12-19-33(47)42(4)28(3)36(51-40(34)50)29-16-9-7-10-17-29/h7,9-11,15-18,20-24,28,32,34-37,46H,5-6,8,12-14,19,25-27H2,1-4H3/b18-11-/t28-,32-,34+,35+,36+,37-,41+/m0/s1. The summed E-state index contributed by atoms with van der Waals surface area (Å²) in [6, 6.07) is 15.7. The van der Waals surface area contributed by atoms with E-state index in [9.17, 15) is 24.3 Å². The molecule has 2 fully saturated rings. The van der Waals surface area contributed by atoms with Gasteiger partial charge in [-0.25, -0.2) is 0 Å². The molecule has 4 heterocycles. The molecule has 7 atom stereocenters. The van der Waals surface area contributed by atoms with Gasteiger partial charge in [-0.15, -0.1) is 0 Å². The van der Waals surface area contributed by atoms with Crippen LogP contribution in [-0.2, 0) is 28.7 Å². The molecule has 0 radical (unpaired) electrons. The highest BCUT2D eigenvalue weighted by Crippen LogP contribution is 2.53. The van der Waals surface area contributed by atoms with Crippen LogP contribution in [0.1, 0.15) is 64.5 Å². The van der Waals surface area contributed by atoms with E-state index in [1.807, 2.05) is 79.7 Å². The van der Waals surface area contributed by atoms with Gasteiger partial charge in [-0.1, -0.05) is 54.6 Å². The molecule has 278 valence electrons. The van der Waals surface area contributed by atoms with Crippen molar-refractivity contribution >= 4 is 35.1 Å². The zero-order valence-electron chi connectivity index (χ0n) is 30.7. The minimum atomic E-state index is -1.43. The molecule has 0 aliphatic carbocycles. The summed E-state index contributed by atoms with van der Waals surface area (Å²) in [5.41, 5.74) is 1.06. The molecule has 2 aromatic rings. The summed E-state index contributed by atoms with van der Waals surface area (Å²) in [6.07, 6.45) is 8.13. The quantitative estimate of drug-likeness (QED) is 0.215. The highest BCUT2D eigenvalue weighted by molar-refractivity contribution is 6.05. The number of nitrogens with zero attached hydrogens (tertiary/aromatic N) is 4. The second-order valence-electron chi connectivity index (χ2n) is 14.2. The van der Waals surface area contributed by atoms with E-state index in [2.05, 4.69) is 18.7 Å². The van der Waals surface area contributed by atoms with Crippen molar-refractivity contribution in [3.05, 3.63) is 84.5 Å². The number of fused-ring (bicyclic) bond motifs is 2. The van der Waals surface area contributed by atoms with E-state index in [0.29, 0.717) is 31.4 Å². The maximum absolute atomic E-state index is 14.9. The number of amides is 3. The molecule has 0 unspecified atom stereocenters. The van der Waals surface area contributed by atoms with Crippen LogP contribution in [0.3, 0.4) is 0 Å². The number of likely N-dealkylation sites (tertiary alicyclic amines) is 1. The van der Waals surface area contributed by atoms with E-state index in [-0.39, 0.29) is 43.8 Å². The van der Waals surface area contributed by atoms with Crippen LogP contribution in [-0.4, -0.2) is 102 Å². The van der Waals surface area contributed by atoms with Crippen LogP contribution in [0, 0.1) is 11.8 Å². The smallest absolute Gasteiger partial charge is 0.313 e. The van der Waals surface area contributed by atoms with Crippen molar-refractivity contribution in [2.45, 2.75) is 82.8 Å². The van der Waals surface area contributed by atoms with E-state index in [1.165, 1.54) is 0 Å². The maximum atomic E-state index is 14.9. The number of hydrogen-bond acceptors (Lipinski definition) is 8. The number of cyclic esters (lactones) is 1. The minimum Gasteiger partial charge on any atom is -0.455 e. The molecule has 11 heteroatoms. The highest BCUT2D eigenvalue weighted by Gasteiger charge is 2.71. The van der Waals surface area contributed by atoms with Crippen molar-refractivity contribution in [3.8, 4) is 0 Å². The summed E-state index contributed by atoms with van der Waals surface area (Å²) in [5, 5.41) is 9.44. The Balaban J connectivity index is 1.40. The summed E-state index contributed by atoms with van der Waals surface area (Å²) in [6.45, 7) is 8.35. The number of benzene rings is 2. The van der Waals surface area contributed by atoms with E-state index in [0.717, 1.165) is 24.3 Å². The Morgan fingerprint density at radius 2 is 1.65 bits per heavy atom. The predicted molar refractivity (Wildman–Crippen MR) is 198 cm³/mol. The minimum absolute atomic E-state index is 0.0374. The van der Waals surface area contributed by atoms with Crippen LogP contribution in [0.25, 0.3) is 0 Å². The lowest BCUT2D eigenvalue weighted by atomic mass is 9.77. The van der Waals surface area contributed by atoms with Gasteiger partial charge in [0.2, 0.25) is 11.8 Å². The van der Waals surface area contributed by atoms with Gasteiger partial charge in [0.25, 0.3) is 5.91 Å². The summed E-state index contributed by atoms with van der Waals surface area (Å²) >= 11 is 0. The molecule has 2 aromatic carbocycles. The van der Waals surface area contributed by atoms with Gasteiger partial charge in [-0.05, 0) is 76.3 Å². The van der Waals surface area contributed by atoms with Crippen LogP contribution in [0.15, 0.2) is 78.9 Å². The summed E-state index contributed by atoms with van der Waals surface area (Å²) in [7, 11) is 1.72. The fourth-order valence-electron chi connectivity index (χ4n) is 8.36. The van der Waals surface area contributed by atoms with Crippen molar-refractivity contribution < 1.29 is 33.8 Å². The SMILES string of the molecule is CCN(CC)c1ccc(N2CC=C[C@@]34O[C@H]5/C=C\CCC(=O)N(C)[C@@H](C)[C@H](c6ccccc6)OC(=O)[C@H]5[C@@H]3C(=O)N(CCCCCO)[C@H]4C2=O)cc1. The topological polar surface area (TPSA) is 120 Å². The number of anilines is 2. The number of rotatable bonds is 10. The fraction of sp³-hybridized carbons (Fsp3) is 0.512. The van der Waals surface area contributed by atoms with Gasteiger partial charge in [-0.2, -0.15) is 0 Å². The highest BCUT2D eigenvalue weighted by atomic mass is 16.6. The number of allylic oxidation sites excluding steroid dienone is 1. The van der Waals surface area contributed by atoms with Crippen molar-refractivity contribution in [3.63, 3.8) is 0 Å². The molecule has 1 spiro atoms. The molecule has 1 N–H and O–H groups in total. The van der Waals surface area contributed by atoms with Crippen LogP contribution < -0.4 is 9.80 Å². The zero-order valence-corrected chi connectivity index (χ0v) is 30.7. The third-order valence-corrected chi connectivity index (χ3v) is 11.3. The lowest BCUT2D eigenvalue weighted by molar-refractivity contribution is -0.164. The predicted octanol–water partition coefficient (Wildman–Crippen LogP) is 4.66. The number of carbonyl (C=O) groups excluding carboxylic acids is 4. The van der Waals surface area contributed by atoms with E-state index < -0.39 is 47.7 Å². The van der Waals surface area contributed by atoms with Crippen molar-refractivity contribution in [2.24, 2.45) is 11.8 Å². The number of hydrogen-bond donors (Lipinski definition) is 1. The van der Waals surface area contributed by atoms with Crippen molar-refractivity contribution in [1.82, 2.24) is 9.80 Å². The first-order chi connectivity index (χ1) is 25.2. The third-order valence-electron chi connectivity index (χ3n) is 11.3. The van der Waals surface area contributed by atoms with Gasteiger partial charge in [0.05, 0.1) is 18.1 Å². The molecular formula is C41H52N4O7. The Bertz CT molecular complexity index is 1660. The Morgan fingerprint density at radius 3 is 2.35 bits per heavy atom. The van der Waals surface area contributed by atoms with Gasteiger partial charge >= 0.3 is 5.97 Å². The summed E-state index contributed by atoms with van der Waals surface area (Å²) < 4.78 is 13.3. The fourth-order valence-corrected chi connectivity index (χ4v) is 8.36. The molecule has 0 saturated carbocycles. The van der Waals surface area contributed by atoms with Crippen LogP contribution >= 0.6 is 0 Å². The molecule has 4 aliphatic rings. The number of esters is 1. The van der Waals surface area contributed by atoms with E-state index in [1.54, 1.807) is 27.8 Å². The first-order valence-electron chi connectivity index (χ1n) is 18.8. The Labute approximate surface area is 306 Å². The number of ether oxygens (including phenoxy) is 2. The Morgan fingerprint density at radius 1 is 0.923 bits per heavy atom. The average Bonchev–Trinajstić information content (AvgIpc) is 3.54. The number of aliphatic hydroxyl groups excluding tert-OH is 1. The lowest BCUT2D eigenvalue weighted by Crippen LogP contribution is -2.55. The first-order valence-corrected chi connectivity index (χ1v) is 18.8. The monoisotopic (exact) mass is 712 g/mol. The maximum Gasteiger partial charge on any atom is 0.313 e. The number of unbranched alkanes of at least 4 members (excludes halogenated alkanes) is 2. The van der Waals surface area contributed by atoms with Crippen LogP contribution in [0.4, 0.5) is 11.4 Å². The normalized spacial score (nSPS) is 29.8. The number of aliphatic hydroxyl groups is 1. The van der Waals surface area contributed by atoms with Gasteiger partial charge < -0.3 is 34.2 Å². The second-order valence-corrected chi connectivity index (χ2v) is 14.2. The summed E-state index contributed by atoms with van der Waals surface area (Å²) in [5.74, 6) is -3.35. The molecule has 4 aliphatic heterocycles. The molecule has 3 amide bonds. The average molecular weight is 713 g/mol. The molecule has 52 heavy (non-hydrogen) atoms. The van der Waals surface area contributed by atoms with Crippen LogP contribution in [0.5, 0.6) is 0 Å². The molecule has 11 nitrogen and oxygen atoms in total. The van der Waals surface area contributed by atoms with Gasteiger partial charge in [-0.3, -0.25) is 19.2 Å². The van der Waals surface area contributed by atoms with Gasteiger partial charge in [0, 0.05) is 57.6 Å². The van der Waals surface area contributed by atoms with Gasteiger partial charge in [0.15, 0.2) is 0 Å². The molecule has 6 rings (SSSR count). The Hall–Kier alpha value is -4.48. The molecule has 2 saturated heterocycles. The van der Waals surface area contributed by atoms with E-state index >= 15 is 0 Å². The lowest BCUT2D eigenvalue weighted by Gasteiger charge is -2.35.